The third kappa shape index (κ3) is 4.39. The number of carbonyl (C=O) groups is 2. The first-order valence-corrected chi connectivity index (χ1v) is 10.3. The molecule has 1 fully saturated rings. The maximum absolute atomic E-state index is 12.7. The average Bonchev–Trinajstić information content (AvgIpc) is 3.06. The van der Waals surface area contributed by atoms with Gasteiger partial charge in [-0.2, -0.15) is 0 Å². The van der Waals surface area contributed by atoms with Gasteiger partial charge in [-0.3, -0.25) is 14.6 Å². The summed E-state index contributed by atoms with van der Waals surface area (Å²) in [6.07, 6.45) is 8.54. The quantitative estimate of drug-likeness (QED) is 0.719. The van der Waals surface area contributed by atoms with Crippen molar-refractivity contribution in [3.05, 3.63) is 35.0 Å². The maximum atomic E-state index is 12.7. The predicted octanol–water partition coefficient (Wildman–Crippen LogP) is 2.22. The molecule has 0 bridgehead atoms. The lowest BCUT2D eigenvalue weighted by Gasteiger charge is -2.31. The summed E-state index contributed by atoms with van der Waals surface area (Å²) < 4.78 is 0. The Balaban J connectivity index is 1.78. The molecule has 0 atom stereocenters. The van der Waals surface area contributed by atoms with Crippen molar-refractivity contribution in [2.24, 2.45) is 0 Å². The molecule has 2 aromatic rings. The Morgan fingerprint density at radius 2 is 1.86 bits per heavy atom. The topological polar surface area (TPSA) is 69.6 Å². The number of aromatic nitrogens is 2. The van der Waals surface area contributed by atoms with Crippen molar-refractivity contribution in [3.63, 3.8) is 0 Å². The first-order chi connectivity index (χ1) is 13.4. The SMILES string of the molecule is CN(C)C/C=C/C(=O)N1CCC(c2c(C(=O)N(C)C)sc3nccnc23)CC1. The zero-order valence-corrected chi connectivity index (χ0v) is 17.7. The van der Waals surface area contributed by atoms with E-state index in [0.717, 1.165) is 40.2 Å². The van der Waals surface area contributed by atoms with Crippen LogP contribution in [0.1, 0.15) is 34.0 Å². The standard InChI is InChI=1S/C20H27N5O2S/c1-23(2)11-5-6-15(26)25-12-7-14(8-13-25)16-17-19(22-10-9-21-17)28-18(16)20(27)24(3)4/h5-6,9-10,14H,7-8,11-13H2,1-4H3/b6-5+. The fraction of sp³-hybridized carbons (Fsp3) is 0.500. The summed E-state index contributed by atoms with van der Waals surface area (Å²) in [6, 6.07) is 0. The minimum Gasteiger partial charge on any atom is -0.344 e. The number of carbonyl (C=O) groups excluding carboxylic acids is 2. The van der Waals surface area contributed by atoms with Gasteiger partial charge in [0, 0.05) is 57.8 Å². The van der Waals surface area contributed by atoms with Crippen LogP contribution in [0.25, 0.3) is 10.3 Å². The molecule has 0 unspecified atom stereocenters. The molecule has 28 heavy (non-hydrogen) atoms. The van der Waals surface area contributed by atoms with E-state index in [1.165, 1.54) is 11.3 Å². The van der Waals surface area contributed by atoms with Gasteiger partial charge >= 0.3 is 0 Å². The highest BCUT2D eigenvalue weighted by Gasteiger charge is 2.30. The molecule has 7 nitrogen and oxygen atoms in total. The number of fused-ring (bicyclic) bond motifs is 1. The highest BCUT2D eigenvalue weighted by molar-refractivity contribution is 7.20. The Morgan fingerprint density at radius 3 is 2.50 bits per heavy atom. The van der Waals surface area contributed by atoms with Crippen LogP contribution in [0, 0.1) is 0 Å². The molecule has 0 radical (unpaired) electrons. The lowest BCUT2D eigenvalue weighted by molar-refractivity contribution is -0.127. The van der Waals surface area contributed by atoms with Gasteiger partial charge in [0.25, 0.3) is 5.91 Å². The van der Waals surface area contributed by atoms with Crippen LogP contribution < -0.4 is 0 Å². The molecule has 150 valence electrons. The molecule has 2 amide bonds. The molecule has 0 spiro atoms. The molecule has 0 aliphatic carbocycles. The highest BCUT2D eigenvalue weighted by atomic mass is 32.1. The monoisotopic (exact) mass is 401 g/mol. The Hall–Kier alpha value is -2.32. The van der Waals surface area contributed by atoms with Crippen molar-refractivity contribution in [1.29, 1.82) is 0 Å². The number of likely N-dealkylation sites (N-methyl/N-ethyl adjacent to an activating group) is 1. The fourth-order valence-corrected chi connectivity index (χ4v) is 4.65. The van der Waals surface area contributed by atoms with Gasteiger partial charge in [0.2, 0.25) is 5.91 Å². The van der Waals surface area contributed by atoms with Crippen molar-refractivity contribution in [3.8, 4) is 0 Å². The second kappa shape index (κ2) is 8.79. The number of hydrogen-bond donors (Lipinski definition) is 0. The molecule has 1 saturated heterocycles. The molecule has 0 aromatic carbocycles. The molecular weight excluding hydrogens is 374 g/mol. The fourth-order valence-electron chi connectivity index (χ4n) is 3.44. The van der Waals surface area contributed by atoms with E-state index in [2.05, 4.69) is 9.97 Å². The summed E-state index contributed by atoms with van der Waals surface area (Å²) in [5, 5.41) is 0. The summed E-state index contributed by atoms with van der Waals surface area (Å²) in [5.74, 6) is 0.254. The van der Waals surface area contributed by atoms with E-state index < -0.39 is 0 Å². The van der Waals surface area contributed by atoms with Crippen LogP contribution in [-0.2, 0) is 4.79 Å². The van der Waals surface area contributed by atoms with Gasteiger partial charge in [-0.05, 0) is 32.9 Å². The average molecular weight is 402 g/mol. The number of amides is 2. The minimum absolute atomic E-state index is 0.00933. The van der Waals surface area contributed by atoms with Crippen molar-refractivity contribution < 1.29 is 9.59 Å². The van der Waals surface area contributed by atoms with E-state index in [0.29, 0.717) is 13.1 Å². The summed E-state index contributed by atoms with van der Waals surface area (Å²) in [4.78, 5) is 41.0. The Morgan fingerprint density at radius 1 is 1.18 bits per heavy atom. The van der Waals surface area contributed by atoms with E-state index in [-0.39, 0.29) is 17.7 Å². The molecule has 3 rings (SSSR count). The van der Waals surface area contributed by atoms with E-state index in [4.69, 9.17) is 0 Å². The van der Waals surface area contributed by atoms with Crippen molar-refractivity contribution in [1.82, 2.24) is 24.7 Å². The Kier molecular flexibility index (Phi) is 6.41. The van der Waals surface area contributed by atoms with E-state index >= 15 is 0 Å². The van der Waals surface area contributed by atoms with Crippen LogP contribution in [0.2, 0.25) is 0 Å². The summed E-state index contributed by atoms with van der Waals surface area (Å²) >= 11 is 1.41. The number of rotatable bonds is 5. The molecule has 1 aliphatic rings. The predicted molar refractivity (Wildman–Crippen MR) is 112 cm³/mol. The first kappa shape index (κ1) is 20.4. The third-order valence-electron chi connectivity index (χ3n) is 4.91. The smallest absolute Gasteiger partial charge is 0.263 e. The number of hydrogen-bond acceptors (Lipinski definition) is 6. The van der Waals surface area contributed by atoms with Gasteiger partial charge in [0.05, 0.1) is 4.88 Å². The Labute approximate surface area is 169 Å². The third-order valence-corrected chi connectivity index (χ3v) is 6.00. The van der Waals surface area contributed by atoms with Crippen molar-refractivity contribution in [2.75, 3.05) is 47.8 Å². The van der Waals surface area contributed by atoms with Gasteiger partial charge in [-0.1, -0.05) is 6.08 Å². The van der Waals surface area contributed by atoms with Crippen LogP contribution in [0.3, 0.4) is 0 Å². The largest absolute Gasteiger partial charge is 0.344 e. The lowest BCUT2D eigenvalue weighted by atomic mass is 9.88. The normalized spacial score (nSPS) is 15.7. The Bertz CT molecular complexity index is 882. The van der Waals surface area contributed by atoms with Crippen LogP contribution in [0.15, 0.2) is 24.5 Å². The van der Waals surface area contributed by atoms with Gasteiger partial charge in [-0.15, -0.1) is 11.3 Å². The number of thiophene rings is 1. The van der Waals surface area contributed by atoms with Crippen LogP contribution in [0.5, 0.6) is 0 Å². The van der Waals surface area contributed by atoms with Gasteiger partial charge in [-0.25, -0.2) is 4.98 Å². The lowest BCUT2D eigenvalue weighted by Crippen LogP contribution is -2.37. The maximum Gasteiger partial charge on any atom is 0.263 e. The molecular formula is C20H27N5O2S. The molecule has 3 heterocycles. The van der Waals surface area contributed by atoms with E-state index in [1.807, 2.05) is 30.0 Å². The summed E-state index contributed by atoms with van der Waals surface area (Å²) in [7, 11) is 7.47. The summed E-state index contributed by atoms with van der Waals surface area (Å²) in [5.41, 5.74) is 1.83. The highest BCUT2D eigenvalue weighted by Crippen LogP contribution is 2.39. The summed E-state index contributed by atoms with van der Waals surface area (Å²) in [6.45, 7) is 2.11. The second-order valence-electron chi connectivity index (χ2n) is 7.52. The second-order valence-corrected chi connectivity index (χ2v) is 8.52. The molecule has 2 aromatic heterocycles. The molecule has 0 saturated carbocycles. The molecule has 8 heteroatoms. The number of piperidine rings is 1. The zero-order chi connectivity index (χ0) is 20.3. The van der Waals surface area contributed by atoms with Crippen molar-refractivity contribution in [2.45, 2.75) is 18.8 Å². The number of nitrogens with zero attached hydrogens (tertiary/aromatic N) is 5. The van der Waals surface area contributed by atoms with Crippen LogP contribution >= 0.6 is 11.3 Å². The first-order valence-electron chi connectivity index (χ1n) is 9.43. The van der Waals surface area contributed by atoms with Crippen LogP contribution in [-0.4, -0.2) is 84.3 Å². The van der Waals surface area contributed by atoms with Gasteiger partial charge in [0.15, 0.2) is 0 Å². The molecule has 1 aliphatic heterocycles. The van der Waals surface area contributed by atoms with Crippen molar-refractivity contribution >= 4 is 33.5 Å². The number of likely N-dealkylation sites (tertiary alicyclic amines) is 1. The van der Waals surface area contributed by atoms with Gasteiger partial charge < -0.3 is 14.7 Å². The molecule has 0 N–H and O–H groups in total. The van der Waals surface area contributed by atoms with E-state index in [1.54, 1.807) is 37.5 Å². The van der Waals surface area contributed by atoms with Gasteiger partial charge in [0.1, 0.15) is 10.3 Å². The zero-order valence-electron chi connectivity index (χ0n) is 16.9. The van der Waals surface area contributed by atoms with E-state index in [9.17, 15) is 9.59 Å². The van der Waals surface area contributed by atoms with Crippen LogP contribution in [0.4, 0.5) is 0 Å². The minimum atomic E-state index is -0.00933.